The SMILES string of the molecule is Cc1oc(-c2ccc(Cl)cc2)nc1C(=O)N[C@@H](Cc1ccc(OC(F)(F)F)c(Cl)c1)C(=O)N(C#N)C1CC1. The Hall–Kier alpha value is -3.75. The van der Waals surface area contributed by atoms with E-state index < -0.39 is 30.0 Å². The van der Waals surface area contributed by atoms with E-state index in [4.69, 9.17) is 27.6 Å². The molecule has 38 heavy (non-hydrogen) atoms. The molecule has 3 aromatic rings. The summed E-state index contributed by atoms with van der Waals surface area (Å²) in [6.45, 7) is 1.53. The van der Waals surface area contributed by atoms with Crippen LogP contribution in [0.3, 0.4) is 0 Å². The molecular formula is C25H19Cl2F3N4O4. The average molecular weight is 567 g/mol. The Morgan fingerprint density at radius 1 is 1.24 bits per heavy atom. The van der Waals surface area contributed by atoms with Crippen LogP contribution in [0.5, 0.6) is 5.75 Å². The van der Waals surface area contributed by atoms with Gasteiger partial charge in [0.2, 0.25) is 5.89 Å². The van der Waals surface area contributed by atoms with Crippen LogP contribution in [0, 0.1) is 18.4 Å². The first-order valence-electron chi connectivity index (χ1n) is 11.3. The van der Waals surface area contributed by atoms with Gasteiger partial charge in [0.05, 0.1) is 5.02 Å². The second-order valence-electron chi connectivity index (χ2n) is 8.51. The van der Waals surface area contributed by atoms with Gasteiger partial charge in [-0.1, -0.05) is 29.3 Å². The molecule has 198 valence electrons. The number of aromatic nitrogens is 1. The number of aryl methyl sites for hydroxylation is 1. The minimum Gasteiger partial charge on any atom is -0.441 e. The zero-order chi connectivity index (χ0) is 27.6. The summed E-state index contributed by atoms with van der Waals surface area (Å²) in [6.07, 6.45) is -1.97. The van der Waals surface area contributed by atoms with Gasteiger partial charge in [-0.3, -0.25) is 9.59 Å². The maximum absolute atomic E-state index is 13.2. The van der Waals surface area contributed by atoms with Gasteiger partial charge in [0.25, 0.3) is 11.8 Å². The van der Waals surface area contributed by atoms with Crippen LogP contribution >= 0.6 is 23.2 Å². The van der Waals surface area contributed by atoms with E-state index in [1.54, 1.807) is 24.3 Å². The number of ether oxygens (including phenoxy) is 1. The first-order chi connectivity index (χ1) is 17.9. The number of halogens is 5. The van der Waals surface area contributed by atoms with Crippen molar-refractivity contribution < 1.29 is 31.9 Å². The summed E-state index contributed by atoms with van der Waals surface area (Å²) in [5, 5.41) is 12.3. The Labute approximate surface area is 224 Å². The molecule has 1 aliphatic rings. The highest BCUT2D eigenvalue weighted by atomic mass is 35.5. The summed E-state index contributed by atoms with van der Waals surface area (Å²) in [5.41, 5.74) is 0.828. The van der Waals surface area contributed by atoms with Crippen molar-refractivity contribution in [2.24, 2.45) is 0 Å². The number of rotatable bonds is 8. The molecule has 0 unspecified atom stereocenters. The molecule has 1 heterocycles. The van der Waals surface area contributed by atoms with Gasteiger partial charge in [0, 0.05) is 23.0 Å². The number of hydrogen-bond donors (Lipinski definition) is 1. The number of benzene rings is 2. The lowest BCUT2D eigenvalue weighted by molar-refractivity contribution is -0.274. The van der Waals surface area contributed by atoms with Crippen molar-refractivity contribution in [3.05, 3.63) is 69.5 Å². The van der Waals surface area contributed by atoms with E-state index in [0.717, 1.165) is 11.0 Å². The molecule has 0 radical (unpaired) electrons. The van der Waals surface area contributed by atoms with Crippen LogP contribution in [-0.2, 0) is 11.2 Å². The van der Waals surface area contributed by atoms with Gasteiger partial charge in [-0.2, -0.15) is 5.26 Å². The number of nitrogens with zero attached hydrogens (tertiary/aromatic N) is 3. The van der Waals surface area contributed by atoms with Crippen molar-refractivity contribution >= 4 is 35.0 Å². The first kappa shape index (κ1) is 27.3. The molecule has 0 spiro atoms. The number of nitrogens with one attached hydrogen (secondary N) is 1. The van der Waals surface area contributed by atoms with Crippen LogP contribution in [0.25, 0.3) is 11.5 Å². The molecule has 8 nitrogen and oxygen atoms in total. The predicted octanol–water partition coefficient (Wildman–Crippen LogP) is 5.67. The molecule has 1 fully saturated rings. The van der Waals surface area contributed by atoms with E-state index in [1.165, 1.54) is 19.1 Å². The van der Waals surface area contributed by atoms with Gasteiger partial charge in [-0.25, -0.2) is 9.88 Å². The number of carbonyl (C=O) groups excluding carboxylic acids is 2. The van der Waals surface area contributed by atoms with Gasteiger partial charge in [-0.15, -0.1) is 13.2 Å². The average Bonchev–Trinajstić information content (AvgIpc) is 3.60. The van der Waals surface area contributed by atoms with Crippen LogP contribution in [-0.4, -0.2) is 40.1 Å². The summed E-state index contributed by atoms with van der Waals surface area (Å²) >= 11 is 11.9. The minimum absolute atomic E-state index is 0.0744. The van der Waals surface area contributed by atoms with Crippen molar-refractivity contribution in [1.29, 1.82) is 5.26 Å². The summed E-state index contributed by atoms with van der Waals surface area (Å²) in [5.74, 6) is -1.67. The highest BCUT2D eigenvalue weighted by molar-refractivity contribution is 6.32. The fourth-order valence-electron chi connectivity index (χ4n) is 3.68. The Morgan fingerprint density at radius 2 is 1.92 bits per heavy atom. The molecule has 2 amide bonds. The molecule has 0 bridgehead atoms. The van der Waals surface area contributed by atoms with Crippen LogP contribution < -0.4 is 10.1 Å². The molecule has 2 aromatic carbocycles. The largest absolute Gasteiger partial charge is 0.573 e. The standard InChI is InChI=1S/C25H19Cl2F3N4O4/c1-13-21(33-23(37-13)15-3-5-16(26)6-4-15)22(35)32-19(24(36)34(12-31)17-7-8-17)11-14-2-9-20(18(27)10-14)38-25(28,29)30/h2-6,9-10,17,19H,7-8,11H2,1H3,(H,32,35)/t19-/m0/s1. The lowest BCUT2D eigenvalue weighted by atomic mass is 10.0. The fourth-order valence-corrected chi connectivity index (χ4v) is 4.04. The third-order valence-corrected chi connectivity index (χ3v) is 6.17. The van der Waals surface area contributed by atoms with Crippen LogP contribution in [0.4, 0.5) is 13.2 Å². The summed E-state index contributed by atoms with van der Waals surface area (Å²) < 4.78 is 47.2. The highest BCUT2D eigenvalue weighted by Gasteiger charge is 2.38. The van der Waals surface area contributed by atoms with Crippen LogP contribution in [0.2, 0.25) is 10.0 Å². The Morgan fingerprint density at radius 3 is 2.50 bits per heavy atom. The van der Waals surface area contributed by atoms with Gasteiger partial charge in [0.1, 0.15) is 17.6 Å². The van der Waals surface area contributed by atoms with Crippen LogP contribution in [0.15, 0.2) is 46.9 Å². The molecule has 1 aliphatic carbocycles. The van der Waals surface area contributed by atoms with E-state index in [-0.39, 0.29) is 34.8 Å². The molecule has 4 rings (SSSR count). The third-order valence-electron chi connectivity index (χ3n) is 5.63. The van der Waals surface area contributed by atoms with E-state index in [1.807, 2.05) is 6.19 Å². The van der Waals surface area contributed by atoms with Gasteiger partial charge < -0.3 is 14.5 Å². The number of oxazole rings is 1. The Bertz CT molecular complexity index is 1400. The molecule has 1 aromatic heterocycles. The van der Waals surface area contributed by atoms with E-state index in [2.05, 4.69) is 15.0 Å². The Balaban J connectivity index is 1.58. The number of amides is 2. The number of hydrogen-bond acceptors (Lipinski definition) is 6. The molecule has 1 atom stereocenters. The maximum atomic E-state index is 13.2. The Kier molecular flexibility index (Phi) is 7.85. The fraction of sp³-hybridized carbons (Fsp3) is 0.280. The van der Waals surface area contributed by atoms with Gasteiger partial charge >= 0.3 is 6.36 Å². The van der Waals surface area contributed by atoms with Crippen LogP contribution in [0.1, 0.15) is 34.7 Å². The number of nitriles is 1. The molecule has 1 N–H and O–H groups in total. The second kappa shape index (κ2) is 10.9. The maximum Gasteiger partial charge on any atom is 0.573 e. The number of carbonyl (C=O) groups is 2. The number of alkyl halides is 3. The van der Waals surface area contributed by atoms with Gasteiger partial charge in [-0.05, 0) is 61.7 Å². The first-order valence-corrected chi connectivity index (χ1v) is 12.0. The van der Waals surface area contributed by atoms with E-state index in [0.29, 0.717) is 29.0 Å². The van der Waals surface area contributed by atoms with E-state index >= 15 is 0 Å². The second-order valence-corrected chi connectivity index (χ2v) is 9.36. The van der Waals surface area contributed by atoms with Crippen molar-refractivity contribution in [2.75, 3.05) is 0 Å². The highest BCUT2D eigenvalue weighted by Crippen LogP contribution is 2.32. The summed E-state index contributed by atoms with van der Waals surface area (Å²) in [7, 11) is 0. The normalized spacial score (nSPS) is 13.9. The molecule has 0 saturated heterocycles. The summed E-state index contributed by atoms with van der Waals surface area (Å²) in [4.78, 5) is 31.6. The quantitative estimate of drug-likeness (QED) is 0.278. The lowest BCUT2D eigenvalue weighted by Crippen LogP contribution is -2.49. The predicted molar refractivity (Wildman–Crippen MR) is 130 cm³/mol. The third kappa shape index (κ3) is 6.57. The molecule has 0 aliphatic heterocycles. The molecular weight excluding hydrogens is 548 g/mol. The van der Waals surface area contributed by atoms with Crippen molar-refractivity contribution in [2.45, 2.75) is 44.6 Å². The van der Waals surface area contributed by atoms with Gasteiger partial charge in [0.15, 0.2) is 11.9 Å². The minimum atomic E-state index is -4.94. The zero-order valence-electron chi connectivity index (χ0n) is 19.7. The zero-order valence-corrected chi connectivity index (χ0v) is 21.2. The topological polar surface area (TPSA) is 108 Å². The van der Waals surface area contributed by atoms with Crippen molar-refractivity contribution in [3.8, 4) is 23.4 Å². The smallest absolute Gasteiger partial charge is 0.441 e. The van der Waals surface area contributed by atoms with E-state index in [9.17, 15) is 28.0 Å². The molecule has 1 saturated carbocycles. The monoisotopic (exact) mass is 566 g/mol. The van der Waals surface area contributed by atoms with Crippen molar-refractivity contribution in [3.63, 3.8) is 0 Å². The lowest BCUT2D eigenvalue weighted by Gasteiger charge is -2.22. The molecule has 13 heteroatoms. The summed E-state index contributed by atoms with van der Waals surface area (Å²) in [6, 6.07) is 8.57. The van der Waals surface area contributed by atoms with Crippen molar-refractivity contribution in [1.82, 2.24) is 15.2 Å².